The first kappa shape index (κ1) is 15.9. The Bertz CT molecular complexity index is 716. The molecule has 0 spiro atoms. The van der Waals surface area contributed by atoms with Gasteiger partial charge in [-0.3, -0.25) is 4.79 Å². The summed E-state index contributed by atoms with van der Waals surface area (Å²) >= 11 is 0. The highest BCUT2D eigenvalue weighted by Crippen LogP contribution is 2.19. The molecular weight excluding hydrogens is 306 g/mol. The van der Waals surface area contributed by atoms with Crippen LogP contribution in [0.4, 0.5) is 5.69 Å². The fourth-order valence-electron chi connectivity index (χ4n) is 2.26. The van der Waals surface area contributed by atoms with E-state index in [4.69, 9.17) is 9.47 Å². The molecule has 1 aliphatic heterocycles. The molecule has 2 aromatic rings. The molecule has 3 rings (SSSR count). The number of methoxy groups -OCH3 is 1. The van der Waals surface area contributed by atoms with Gasteiger partial charge in [-0.25, -0.2) is 4.99 Å². The van der Waals surface area contributed by atoms with Crippen molar-refractivity contribution in [1.82, 2.24) is 10.6 Å². The van der Waals surface area contributed by atoms with Gasteiger partial charge in [0.15, 0.2) is 18.3 Å². The van der Waals surface area contributed by atoms with E-state index in [0.29, 0.717) is 11.3 Å². The van der Waals surface area contributed by atoms with E-state index in [0.717, 1.165) is 30.5 Å². The molecule has 0 bridgehead atoms. The largest absolute Gasteiger partial charge is 0.497 e. The number of ketones is 1. The Labute approximate surface area is 140 Å². The Morgan fingerprint density at radius 3 is 2.25 bits per heavy atom. The minimum Gasteiger partial charge on any atom is -0.497 e. The summed E-state index contributed by atoms with van der Waals surface area (Å²) in [6.45, 7) is 1.75. The van der Waals surface area contributed by atoms with Gasteiger partial charge in [-0.15, -0.1) is 0 Å². The van der Waals surface area contributed by atoms with E-state index in [9.17, 15) is 4.79 Å². The van der Waals surface area contributed by atoms with Gasteiger partial charge < -0.3 is 20.1 Å². The zero-order valence-electron chi connectivity index (χ0n) is 13.4. The van der Waals surface area contributed by atoms with Crippen molar-refractivity contribution in [3.8, 4) is 11.5 Å². The summed E-state index contributed by atoms with van der Waals surface area (Å²) in [5.74, 6) is 2.05. The average molecular weight is 325 g/mol. The SMILES string of the molecule is COc1ccc(C(=O)COc2ccc(N=C3NCCN3)cc2)cc1. The number of Topliss-reactive ketones (excluding diaryl/α,β-unsaturated/α-hetero) is 1. The Kier molecular flexibility index (Phi) is 4.96. The van der Waals surface area contributed by atoms with Crippen LogP contribution in [0.3, 0.4) is 0 Å². The van der Waals surface area contributed by atoms with E-state index in [1.807, 2.05) is 12.1 Å². The van der Waals surface area contributed by atoms with Crippen molar-refractivity contribution in [3.05, 3.63) is 54.1 Å². The van der Waals surface area contributed by atoms with Gasteiger partial charge in [-0.05, 0) is 48.5 Å². The second kappa shape index (κ2) is 7.50. The first-order valence-corrected chi connectivity index (χ1v) is 7.71. The molecule has 24 heavy (non-hydrogen) atoms. The van der Waals surface area contributed by atoms with Crippen LogP contribution in [-0.2, 0) is 0 Å². The molecule has 0 unspecified atom stereocenters. The fraction of sp³-hybridized carbons (Fsp3) is 0.222. The van der Waals surface area contributed by atoms with Crippen LogP contribution in [0.25, 0.3) is 0 Å². The number of carbonyl (C=O) groups excluding carboxylic acids is 1. The smallest absolute Gasteiger partial charge is 0.200 e. The van der Waals surface area contributed by atoms with Crippen molar-refractivity contribution >= 4 is 17.4 Å². The van der Waals surface area contributed by atoms with Crippen LogP contribution in [0.5, 0.6) is 11.5 Å². The molecule has 2 aromatic carbocycles. The molecule has 1 aliphatic rings. The first-order chi connectivity index (χ1) is 11.7. The summed E-state index contributed by atoms with van der Waals surface area (Å²) in [5, 5.41) is 6.28. The Balaban J connectivity index is 1.55. The Hall–Kier alpha value is -3.02. The highest BCUT2D eigenvalue weighted by molar-refractivity contribution is 5.97. The molecule has 6 heteroatoms. The summed E-state index contributed by atoms with van der Waals surface area (Å²) in [6.07, 6.45) is 0. The maximum Gasteiger partial charge on any atom is 0.200 e. The monoisotopic (exact) mass is 325 g/mol. The lowest BCUT2D eigenvalue weighted by molar-refractivity contribution is 0.0921. The van der Waals surface area contributed by atoms with Gasteiger partial charge in [0.05, 0.1) is 12.8 Å². The Morgan fingerprint density at radius 2 is 1.62 bits per heavy atom. The van der Waals surface area contributed by atoms with Gasteiger partial charge in [-0.2, -0.15) is 0 Å². The standard InChI is InChI=1S/C18H19N3O3/c1-23-15-6-2-13(3-7-15)17(22)12-24-16-8-4-14(5-9-16)21-18-19-10-11-20-18/h2-9H,10-12H2,1H3,(H2,19,20,21). The second-order valence-electron chi connectivity index (χ2n) is 5.25. The number of carbonyl (C=O) groups is 1. The van der Waals surface area contributed by atoms with Crippen molar-refractivity contribution in [3.63, 3.8) is 0 Å². The zero-order chi connectivity index (χ0) is 16.8. The summed E-state index contributed by atoms with van der Waals surface area (Å²) in [5.41, 5.74) is 1.41. The molecule has 0 aliphatic carbocycles. The van der Waals surface area contributed by atoms with E-state index in [1.54, 1.807) is 43.5 Å². The highest BCUT2D eigenvalue weighted by Gasteiger charge is 2.08. The van der Waals surface area contributed by atoms with Gasteiger partial charge in [0, 0.05) is 18.7 Å². The number of hydrogen-bond acceptors (Lipinski definition) is 4. The summed E-state index contributed by atoms with van der Waals surface area (Å²) < 4.78 is 10.6. The molecule has 0 radical (unpaired) electrons. The summed E-state index contributed by atoms with van der Waals surface area (Å²) in [7, 11) is 1.59. The van der Waals surface area contributed by atoms with Crippen LogP contribution in [0.1, 0.15) is 10.4 Å². The lowest BCUT2D eigenvalue weighted by atomic mass is 10.1. The van der Waals surface area contributed by atoms with E-state index >= 15 is 0 Å². The van der Waals surface area contributed by atoms with Gasteiger partial charge >= 0.3 is 0 Å². The lowest BCUT2D eigenvalue weighted by Gasteiger charge is -2.07. The number of hydrogen-bond donors (Lipinski definition) is 2. The maximum atomic E-state index is 12.1. The summed E-state index contributed by atoms with van der Waals surface area (Å²) in [6, 6.07) is 14.3. The first-order valence-electron chi connectivity index (χ1n) is 7.71. The fourth-order valence-corrected chi connectivity index (χ4v) is 2.26. The van der Waals surface area contributed by atoms with Crippen LogP contribution in [0.2, 0.25) is 0 Å². The van der Waals surface area contributed by atoms with E-state index in [2.05, 4.69) is 15.6 Å². The molecule has 0 saturated carbocycles. The number of ether oxygens (including phenoxy) is 2. The van der Waals surface area contributed by atoms with Crippen molar-refractivity contribution in [1.29, 1.82) is 0 Å². The van der Waals surface area contributed by atoms with E-state index in [1.165, 1.54) is 0 Å². The number of nitrogens with zero attached hydrogens (tertiary/aromatic N) is 1. The van der Waals surface area contributed by atoms with Crippen LogP contribution in [-0.4, -0.2) is 38.5 Å². The van der Waals surface area contributed by atoms with Crippen LogP contribution in [0, 0.1) is 0 Å². The van der Waals surface area contributed by atoms with Crippen molar-refractivity contribution < 1.29 is 14.3 Å². The number of rotatable bonds is 6. The minimum absolute atomic E-state index is 0.0106. The van der Waals surface area contributed by atoms with E-state index < -0.39 is 0 Å². The number of guanidine groups is 1. The quantitative estimate of drug-likeness (QED) is 0.796. The third-order valence-corrected chi connectivity index (χ3v) is 3.57. The Morgan fingerprint density at radius 1 is 1.00 bits per heavy atom. The summed E-state index contributed by atoms with van der Waals surface area (Å²) in [4.78, 5) is 16.5. The second-order valence-corrected chi connectivity index (χ2v) is 5.25. The molecule has 6 nitrogen and oxygen atoms in total. The predicted octanol–water partition coefficient (Wildman–Crippen LogP) is 2.14. The molecule has 1 saturated heterocycles. The normalized spacial score (nSPS) is 13.0. The molecule has 2 N–H and O–H groups in total. The lowest BCUT2D eigenvalue weighted by Crippen LogP contribution is -2.23. The molecule has 0 amide bonds. The topological polar surface area (TPSA) is 72.0 Å². The van der Waals surface area contributed by atoms with Gasteiger partial charge in [0.25, 0.3) is 0 Å². The van der Waals surface area contributed by atoms with Gasteiger partial charge in [-0.1, -0.05) is 0 Å². The third kappa shape index (κ3) is 4.04. The maximum absolute atomic E-state index is 12.1. The molecule has 0 atom stereocenters. The molecule has 0 aromatic heterocycles. The van der Waals surface area contributed by atoms with Gasteiger partial charge in [0.1, 0.15) is 11.5 Å². The van der Waals surface area contributed by atoms with Crippen LogP contribution >= 0.6 is 0 Å². The predicted molar refractivity (Wildman–Crippen MR) is 92.4 cm³/mol. The van der Waals surface area contributed by atoms with Crippen LogP contribution in [0.15, 0.2) is 53.5 Å². The van der Waals surface area contributed by atoms with Crippen molar-refractivity contribution in [2.45, 2.75) is 0 Å². The molecular formula is C18H19N3O3. The number of aliphatic imine (C=N–C) groups is 1. The zero-order valence-corrected chi connectivity index (χ0v) is 13.4. The molecule has 1 heterocycles. The molecule has 124 valence electrons. The van der Waals surface area contributed by atoms with Crippen molar-refractivity contribution in [2.24, 2.45) is 4.99 Å². The van der Waals surface area contributed by atoms with Crippen molar-refractivity contribution in [2.75, 3.05) is 26.8 Å². The highest BCUT2D eigenvalue weighted by atomic mass is 16.5. The number of benzene rings is 2. The van der Waals surface area contributed by atoms with Crippen LogP contribution < -0.4 is 20.1 Å². The average Bonchev–Trinajstić information content (AvgIpc) is 3.14. The van der Waals surface area contributed by atoms with Gasteiger partial charge in [0.2, 0.25) is 0 Å². The molecule has 1 fully saturated rings. The van der Waals surface area contributed by atoms with E-state index in [-0.39, 0.29) is 12.4 Å². The number of nitrogens with one attached hydrogen (secondary N) is 2. The minimum atomic E-state index is -0.0821. The third-order valence-electron chi connectivity index (χ3n) is 3.57.